The van der Waals surface area contributed by atoms with Gasteiger partial charge >= 0.3 is 6.03 Å². The molecule has 3 aliphatic heterocycles. The molecule has 1 aromatic heterocycles. The topological polar surface area (TPSA) is 101 Å². The third-order valence-electron chi connectivity index (χ3n) is 7.38. The molecule has 9 heteroatoms. The number of carbonyl (C=O) groups excluding carboxylic acids is 3. The SMILES string of the molecule is COc1ccccc1CCN1C(=O)NC(CCC(=O)N2CC3CC(C2)c2cccc(=O)n2C3)C1=O. The van der Waals surface area contributed by atoms with Crippen LogP contribution in [0, 0.1) is 5.92 Å². The van der Waals surface area contributed by atoms with E-state index in [1.54, 1.807) is 19.2 Å². The number of nitrogens with one attached hydrogen (secondary N) is 1. The lowest BCUT2D eigenvalue weighted by Crippen LogP contribution is -2.49. The molecule has 2 fully saturated rings. The summed E-state index contributed by atoms with van der Waals surface area (Å²) in [6.07, 6.45) is 1.94. The van der Waals surface area contributed by atoms with Crippen molar-refractivity contribution in [2.24, 2.45) is 5.92 Å². The second-order valence-electron chi connectivity index (χ2n) is 9.59. The van der Waals surface area contributed by atoms with Crippen molar-refractivity contribution in [2.45, 2.75) is 44.2 Å². The average Bonchev–Trinajstić information content (AvgIpc) is 3.14. The second-order valence-corrected chi connectivity index (χ2v) is 9.59. The number of piperidine rings is 1. The molecule has 4 heterocycles. The van der Waals surface area contributed by atoms with E-state index in [-0.39, 0.29) is 48.6 Å². The van der Waals surface area contributed by atoms with Crippen molar-refractivity contribution >= 4 is 17.8 Å². The van der Waals surface area contributed by atoms with Crippen molar-refractivity contribution < 1.29 is 19.1 Å². The van der Waals surface area contributed by atoms with Crippen molar-refractivity contribution in [3.63, 3.8) is 0 Å². The summed E-state index contributed by atoms with van der Waals surface area (Å²) in [7, 11) is 1.59. The van der Waals surface area contributed by atoms with Crippen LogP contribution in [0.25, 0.3) is 0 Å². The number of nitrogens with zero attached hydrogens (tertiary/aromatic N) is 3. The predicted molar refractivity (Wildman–Crippen MR) is 128 cm³/mol. The van der Waals surface area contributed by atoms with Gasteiger partial charge in [0.2, 0.25) is 5.91 Å². The van der Waals surface area contributed by atoms with Gasteiger partial charge in [-0.2, -0.15) is 0 Å². The Labute approximate surface area is 203 Å². The first kappa shape index (κ1) is 23.1. The number of ether oxygens (including phenoxy) is 1. The summed E-state index contributed by atoms with van der Waals surface area (Å²) in [5.74, 6) is 0.824. The van der Waals surface area contributed by atoms with Crippen LogP contribution in [0.2, 0.25) is 0 Å². The van der Waals surface area contributed by atoms with Gasteiger partial charge in [0.05, 0.1) is 7.11 Å². The maximum absolute atomic E-state index is 13.0. The molecule has 184 valence electrons. The number of amides is 4. The molecule has 0 spiro atoms. The Morgan fingerprint density at radius 3 is 2.71 bits per heavy atom. The molecule has 3 aliphatic rings. The van der Waals surface area contributed by atoms with E-state index in [0.717, 1.165) is 23.4 Å². The minimum atomic E-state index is -0.687. The number of carbonyl (C=O) groups is 3. The maximum atomic E-state index is 13.0. The van der Waals surface area contributed by atoms with Crippen molar-refractivity contribution in [1.29, 1.82) is 0 Å². The number of pyridine rings is 1. The Balaban J connectivity index is 1.16. The number of hydrogen-bond acceptors (Lipinski definition) is 5. The minimum absolute atomic E-state index is 0.0130. The number of methoxy groups -OCH3 is 1. The molecule has 35 heavy (non-hydrogen) atoms. The normalized spacial score (nSPS) is 23.2. The second kappa shape index (κ2) is 9.56. The predicted octanol–water partition coefficient (Wildman–Crippen LogP) is 1.75. The zero-order valence-electron chi connectivity index (χ0n) is 19.8. The molecule has 2 aromatic rings. The van der Waals surface area contributed by atoms with E-state index in [9.17, 15) is 19.2 Å². The van der Waals surface area contributed by atoms with E-state index in [0.29, 0.717) is 26.1 Å². The molecule has 9 nitrogen and oxygen atoms in total. The quantitative estimate of drug-likeness (QED) is 0.611. The minimum Gasteiger partial charge on any atom is -0.496 e. The van der Waals surface area contributed by atoms with Crippen LogP contribution in [0.4, 0.5) is 4.79 Å². The monoisotopic (exact) mass is 478 g/mol. The van der Waals surface area contributed by atoms with E-state index in [1.165, 1.54) is 4.90 Å². The van der Waals surface area contributed by atoms with Gasteiger partial charge in [-0.25, -0.2) is 4.79 Å². The smallest absolute Gasteiger partial charge is 0.324 e. The lowest BCUT2D eigenvalue weighted by Gasteiger charge is -2.42. The summed E-state index contributed by atoms with van der Waals surface area (Å²) in [6, 6.07) is 11.8. The number of benzene rings is 1. The number of para-hydroxylation sites is 1. The molecule has 3 atom stereocenters. The van der Waals surface area contributed by atoms with Gasteiger partial charge in [-0.3, -0.25) is 19.3 Å². The molecule has 5 rings (SSSR count). The first-order valence-corrected chi connectivity index (χ1v) is 12.2. The molecule has 4 amide bonds. The molecular weight excluding hydrogens is 448 g/mol. The number of likely N-dealkylation sites (tertiary alicyclic amines) is 1. The van der Waals surface area contributed by atoms with Crippen LogP contribution >= 0.6 is 0 Å². The number of fused-ring (bicyclic) bond motifs is 4. The zero-order valence-corrected chi connectivity index (χ0v) is 19.8. The molecule has 0 radical (unpaired) electrons. The molecule has 3 unspecified atom stereocenters. The Morgan fingerprint density at radius 2 is 1.89 bits per heavy atom. The van der Waals surface area contributed by atoms with Crippen molar-refractivity contribution in [1.82, 2.24) is 19.7 Å². The van der Waals surface area contributed by atoms with Crippen molar-refractivity contribution in [2.75, 3.05) is 26.7 Å². The van der Waals surface area contributed by atoms with Gasteiger partial charge in [0.1, 0.15) is 11.8 Å². The van der Waals surface area contributed by atoms with E-state index < -0.39 is 12.1 Å². The molecule has 0 saturated carbocycles. The zero-order chi connectivity index (χ0) is 24.5. The van der Waals surface area contributed by atoms with Gasteiger partial charge in [-0.1, -0.05) is 24.3 Å². The highest BCUT2D eigenvalue weighted by molar-refractivity contribution is 6.04. The number of hydrogen-bond donors (Lipinski definition) is 1. The highest BCUT2D eigenvalue weighted by Gasteiger charge is 2.39. The summed E-state index contributed by atoms with van der Waals surface area (Å²) >= 11 is 0. The fourth-order valence-corrected chi connectivity index (χ4v) is 5.65. The molecule has 2 saturated heterocycles. The number of rotatable bonds is 7. The summed E-state index contributed by atoms with van der Waals surface area (Å²) in [4.78, 5) is 53.6. The van der Waals surface area contributed by atoms with Gasteiger partial charge in [-0.15, -0.1) is 0 Å². The Bertz CT molecular complexity index is 1210. The van der Waals surface area contributed by atoms with E-state index >= 15 is 0 Å². The average molecular weight is 479 g/mol. The fourth-order valence-electron chi connectivity index (χ4n) is 5.65. The van der Waals surface area contributed by atoms with Crippen LogP contribution in [0.5, 0.6) is 5.75 Å². The van der Waals surface area contributed by atoms with E-state index in [2.05, 4.69) is 5.32 Å². The molecule has 1 aromatic carbocycles. The van der Waals surface area contributed by atoms with E-state index in [1.807, 2.05) is 39.8 Å². The van der Waals surface area contributed by atoms with E-state index in [4.69, 9.17) is 4.74 Å². The summed E-state index contributed by atoms with van der Waals surface area (Å²) < 4.78 is 7.19. The first-order valence-electron chi connectivity index (χ1n) is 12.2. The van der Waals surface area contributed by atoms with Gasteiger partial charge < -0.3 is 19.5 Å². The van der Waals surface area contributed by atoms with Crippen molar-refractivity contribution in [3.05, 3.63) is 64.1 Å². The fraction of sp³-hybridized carbons (Fsp3) is 0.462. The number of aromatic nitrogens is 1. The highest BCUT2D eigenvalue weighted by Crippen LogP contribution is 2.35. The van der Waals surface area contributed by atoms with Gasteiger partial charge in [0.25, 0.3) is 11.5 Å². The summed E-state index contributed by atoms with van der Waals surface area (Å²) in [5.41, 5.74) is 1.94. The standard InChI is InChI=1S/C26H30N4O5/c1-35-22-7-3-2-5-18(22)11-12-29-25(33)20(27-26(29)34)9-10-23(31)28-14-17-13-19(16-28)21-6-4-8-24(32)30(21)15-17/h2-8,17,19-20H,9-16H2,1H3,(H,27,34). The van der Waals surface area contributed by atoms with Crippen LogP contribution in [0.3, 0.4) is 0 Å². The lowest BCUT2D eigenvalue weighted by molar-refractivity contribution is -0.134. The molecule has 1 N–H and O–H groups in total. The first-order chi connectivity index (χ1) is 16.9. The Morgan fingerprint density at radius 1 is 1.06 bits per heavy atom. The third kappa shape index (κ3) is 4.54. The maximum Gasteiger partial charge on any atom is 0.324 e. The van der Waals surface area contributed by atoms with Crippen LogP contribution in [-0.4, -0.2) is 65.0 Å². The largest absolute Gasteiger partial charge is 0.496 e. The van der Waals surface area contributed by atoms with Gasteiger partial charge in [0, 0.05) is 50.3 Å². The number of imide groups is 1. The molecule has 0 aliphatic carbocycles. The van der Waals surface area contributed by atoms with Gasteiger partial charge in [0.15, 0.2) is 0 Å². The third-order valence-corrected chi connectivity index (χ3v) is 7.38. The highest BCUT2D eigenvalue weighted by atomic mass is 16.5. The lowest BCUT2D eigenvalue weighted by atomic mass is 9.83. The van der Waals surface area contributed by atoms with Crippen LogP contribution < -0.4 is 15.6 Å². The Hall–Kier alpha value is -3.62. The Kier molecular flexibility index (Phi) is 6.32. The van der Waals surface area contributed by atoms with Crippen molar-refractivity contribution in [3.8, 4) is 5.75 Å². The summed E-state index contributed by atoms with van der Waals surface area (Å²) in [5, 5.41) is 2.73. The molecule has 2 bridgehead atoms. The summed E-state index contributed by atoms with van der Waals surface area (Å²) in [6.45, 7) is 2.08. The van der Waals surface area contributed by atoms with Gasteiger partial charge in [-0.05, 0) is 42.9 Å². The van der Waals surface area contributed by atoms with Crippen LogP contribution in [-0.2, 0) is 22.6 Å². The van der Waals surface area contributed by atoms with Crippen LogP contribution in [0.1, 0.15) is 36.4 Å². The van der Waals surface area contributed by atoms with Crippen LogP contribution in [0.15, 0.2) is 47.3 Å². The number of urea groups is 1. The molecular formula is C26H30N4O5.